The number of halogens is 3. The molecule has 0 aliphatic carbocycles. The van der Waals surface area contributed by atoms with Crippen LogP contribution in [-0.2, 0) is 0 Å². The van der Waals surface area contributed by atoms with Crippen molar-refractivity contribution < 1.29 is 13.2 Å². The molecule has 0 amide bonds. The molecule has 1 N–H and O–H groups in total. The van der Waals surface area contributed by atoms with Crippen molar-refractivity contribution in [3.05, 3.63) is 48.3 Å². The number of alkyl halides is 3. The zero-order valence-electron chi connectivity index (χ0n) is 11.1. The summed E-state index contributed by atoms with van der Waals surface area (Å²) in [5.41, 5.74) is 1.63. The minimum absolute atomic E-state index is 0.000479. The molecule has 0 fully saturated rings. The average molecular weight is 283 g/mol. The third-order valence-electron chi connectivity index (χ3n) is 3.09. The Morgan fingerprint density at radius 1 is 1.25 bits per heavy atom. The van der Waals surface area contributed by atoms with E-state index < -0.39 is 12.6 Å². The van der Waals surface area contributed by atoms with Crippen LogP contribution in [0.5, 0.6) is 0 Å². The predicted octanol–water partition coefficient (Wildman–Crippen LogP) is 3.48. The second-order valence-electron chi connectivity index (χ2n) is 4.55. The zero-order chi connectivity index (χ0) is 14.6. The molecule has 20 heavy (non-hydrogen) atoms. The van der Waals surface area contributed by atoms with Gasteiger partial charge in [-0.2, -0.15) is 18.3 Å². The molecule has 6 heteroatoms. The lowest BCUT2D eigenvalue weighted by atomic mass is 10.1. The highest BCUT2D eigenvalue weighted by molar-refractivity contribution is 5.31. The molecule has 3 nitrogen and oxygen atoms in total. The van der Waals surface area contributed by atoms with E-state index >= 15 is 0 Å². The van der Waals surface area contributed by atoms with Crippen LogP contribution in [0.1, 0.15) is 24.4 Å². The van der Waals surface area contributed by atoms with Gasteiger partial charge in [0.05, 0.1) is 11.9 Å². The van der Waals surface area contributed by atoms with Crippen molar-refractivity contribution in [2.24, 2.45) is 0 Å². The SMILES string of the molecule is CNC(CCC(F)(F)F)c1cnn(-c2ccccc2)c1. The molecule has 108 valence electrons. The van der Waals surface area contributed by atoms with Gasteiger partial charge < -0.3 is 5.32 Å². The van der Waals surface area contributed by atoms with Crippen LogP contribution in [0.2, 0.25) is 0 Å². The molecule has 0 aliphatic heterocycles. The highest BCUT2D eigenvalue weighted by atomic mass is 19.4. The van der Waals surface area contributed by atoms with Gasteiger partial charge in [-0.1, -0.05) is 18.2 Å². The van der Waals surface area contributed by atoms with Gasteiger partial charge in [-0.05, 0) is 25.6 Å². The highest BCUT2D eigenvalue weighted by Crippen LogP contribution is 2.27. The fraction of sp³-hybridized carbons (Fsp3) is 0.357. The summed E-state index contributed by atoms with van der Waals surface area (Å²) in [6, 6.07) is 9.09. The zero-order valence-corrected chi connectivity index (χ0v) is 11.1. The lowest BCUT2D eigenvalue weighted by Crippen LogP contribution is -2.19. The first-order valence-electron chi connectivity index (χ1n) is 6.33. The number of hydrogen-bond acceptors (Lipinski definition) is 2. The smallest absolute Gasteiger partial charge is 0.313 e. The Bertz CT molecular complexity index is 534. The van der Waals surface area contributed by atoms with Crippen LogP contribution in [-0.4, -0.2) is 23.0 Å². The Morgan fingerprint density at radius 3 is 2.55 bits per heavy atom. The second-order valence-corrected chi connectivity index (χ2v) is 4.55. The Kier molecular flexibility index (Phi) is 4.44. The number of hydrogen-bond donors (Lipinski definition) is 1. The van der Waals surface area contributed by atoms with Crippen LogP contribution >= 0.6 is 0 Å². The third-order valence-corrected chi connectivity index (χ3v) is 3.09. The van der Waals surface area contributed by atoms with Crippen LogP contribution in [0.25, 0.3) is 5.69 Å². The summed E-state index contributed by atoms with van der Waals surface area (Å²) in [5, 5.41) is 7.10. The lowest BCUT2D eigenvalue weighted by Gasteiger charge is -2.15. The van der Waals surface area contributed by atoms with Crippen molar-refractivity contribution in [1.29, 1.82) is 0 Å². The minimum atomic E-state index is -4.13. The average Bonchev–Trinajstić information content (AvgIpc) is 2.89. The molecule has 1 atom stereocenters. The quantitative estimate of drug-likeness (QED) is 0.910. The molecule has 1 unspecified atom stereocenters. The van der Waals surface area contributed by atoms with Crippen LogP contribution in [0.4, 0.5) is 13.2 Å². The highest BCUT2D eigenvalue weighted by Gasteiger charge is 2.28. The molecular formula is C14H16F3N3. The van der Waals surface area contributed by atoms with E-state index in [1.165, 1.54) is 0 Å². The summed E-state index contributed by atoms with van der Waals surface area (Å²) in [4.78, 5) is 0. The Morgan fingerprint density at radius 2 is 1.95 bits per heavy atom. The van der Waals surface area contributed by atoms with Gasteiger partial charge in [0.25, 0.3) is 0 Å². The van der Waals surface area contributed by atoms with Gasteiger partial charge >= 0.3 is 6.18 Å². The molecule has 0 saturated heterocycles. The van der Waals surface area contributed by atoms with Gasteiger partial charge in [0.2, 0.25) is 0 Å². The van der Waals surface area contributed by atoms with Crippen molar-refractivity contribution >= 4 is 0 Å². The van der Waals surface area contributed by atoms with E-state index in [1.807, 2.05) is 30.3 Å². The first-order chi connectivity index (χ1) is 9.49. The maximum Gasteiger partial charge on any atom is 0.389 e. The fourth-order valence-electron chi connectivity index (χ4n) is 2.02. The Hall–Kier alpha value is -1.82. The summed E-state index contributed by atoms with van der Waals surface area (Å²) in [6.07, 6.45) is -1.59. The fourth-order valence-corrected chi connectivity index (χ4v) is 2.02. The monoisotopic (exact) mass is 283 g/mol. The van der Waals surface area contributed by atoms with E-state index in [4.69, 9.17) is 0 Å². The predicted molar refractivity (Wildman–Crippen MR) is 70.7 cm³/mol. The molecule has 0 bridgehead atoms. The first-order valence-corrected chi connectivity index (χ1v) is 6.33. The number of para-hydroxylation sites is 1. The molecule has 0 aliphatic rings. The van der Waals surface area contributed by atoms with Crippen LogP contribution in [0, 0.1) is 0 Å². The molecule has 0 saturated carbocycles. The molecular weight excluding hydrogens is 267 g/mol. The molecule has 1 aromatic heterocycles. The van der Waals surface area contributed by atoms with Crippen molar-refractivity contribution in [1.82, 2.24) is 15.1 Å². The summed E-state index contributed by atoms with van der Waals surface area (Å²) < 4.78 is 38.5. The number of nitrogens with one attached hydrogen (secondary N) is 1. The summed E-state index contributed by atoms with van der Waals surface area (Å²) in [7, 11) is 1.65. The third kappa shape index (κ3) is 3.84. The number of rotatable bonds is 5. The van der Waals surface area contributed by atoms with Gasteiger partial charge in [-0.15, -0.1) is 0 Å². The largest absolute Gasteiger partial charge is 0.389 e. The van der Waals surface area contributed by atoms with Crippen LogP contribution < -0.4 is 5.32 Å². The minimum Gasteiger partial charge on any atom is -0.313 e. The number of aromatic nitrogens is 2. The Balaban J connectivity index is 2.10. The van der Waals surface area contributed by atoms with Crippen molar-refractivity contribution in [2.75, 3.05) is 7.05 Å². The van der Waals surface area contributed by atoms with E-state index in [2.05, 4.69) is 10.4 Å². The van der Waals surface area contributed by atoms with Gasteiger partial charge in [0.1, 0.15) is 0 Å². The second kappa shape index (κ2) is 6.09. The number of nitrogens with zero attached hydrogens (tertiary/aromatic N) is 2. The van der Waals surface area contributed by atoms with Crippen molar-refractivity contribution in [3.63, 3.8) is 0 Å². The molecule has 1 heterocycles. The summed E-state index contributed by atoms with van der Waals surface area (Å²) in [6.45, 7) is 0. The maximum atomic E-state index is 12.3. The summed E-state index contributed by atoms with van der Waals surface area (Å²) in [5.74, 6) is 0. The van der Waals surface area contributed by atoms with Crippen LogP contribution in [0.15, 0.2) is 42.7 Å². The van der Waals surface area contributed by atoms with E-state index in [9.17, 15) is 13.2 Å². The van der Waals surface area contributed by atoms with Gasteiger partial charge in [0.15, 0.2) is 0 Å². The summed E-state index contributed by atoms with van der Waals surface area (Å²) >= 11 is 0. The van der Waals surface area contributed by atoms with E-state index in [0.29, 0.717) is 0 Å². The molecule has 2 aromatic rings. The normalized spacial score (nSPS) is 13.4. The first kappa shape index (κ1) is 14.6. The van der Waals surface area contributed by atoms with Crippen LogP contribution in [0.3, 0.4) is 0 Å². The maximum absolute atomic E-state index is 12.3. The van der Waals surface area contributed by atoms with Crippen molar-refractivity contribution in [3.8, 4) is 5.69 Å². The molecule has 2 rings (SSSR count). The van der Waals surface area contributed by atoms with Gasteiger partial charge in [-0.3, -0.25) is 0 Å². The molecule has 1 aromatic carbocycles. The van der Waals surface area contributed by atoms with E-state index in [0.717, 1.165) is 11.3 Å². The molecule has 0 radical (unpaired) electrons. The Labute approximate surface area is 115 Å². The topological polar surface area (TPSA) is 29.9 Å². The van der Waals surface area contributed by atoms with Crippen molar-refractivity contribution in [2.45, 2.75) is 25.1 Å². The lowest BCUT2D eigenvalue weighted by molar-refractivity contribution is -0.136. The standard InChI is InChI=1S/C14H16F3N3/c1-18-13(7-8-14(15,16)17)11-9-19-20(10-11)12-5-3-2-4-6-12/h2-6,9-10,13,18H,7-8H2,1H3. The van der Waals surface area contributed by atoms with Gasteiger partial charge in [-0.25, -0.2) is 4.68 Å². The number of benzene rings is 1. The van der Waals surface area contributed by atoms with E-state index in [-0.39, 0.29) is 12.5 Å². The van der Waals surface area contributed by atoms with Gasteiger partial charge in [0, 0.05) is 24.2 Å². The van der Waals surface area contributed by atoms with E-state index in [1.54, 1.807) is 24.1 Å². The molecule has 0 spiro atoms.